The number of likely N-dealkylation sites (N-methyl/N-ethyl adjacent to an activating group) is 1. The molecule has 0 aromatic heterocycles. The van der Waals surface area contributed by atoms with Gasteiger partial charge in [-0.2, -0.15) is 0 Å². The van der Waals surface area contributed by atoms with Crippen molar-refractivity contribution in [1.29, 1.82) is 0 Å². The van der Waals surface area contributed by atoms with Gasteiger partial charge in [-0.15, -0.1) is 0 Å². The standard InChI is InChI=1S/C17H31NO6/c1-18(2,3)13-14(12-16(21)22)24-17(23)11-9-7-5-4-6-8-10-15(19)20/h14H,4-13H2,1-3H3,(H-,19,20,21,22)/t14-/m1/s1/i1D3. The number of hydrogen-bond donors (Lipinski definition) is 1. The Balaban J connectivity index is 4.23. The van der Waals surface area contributed by atoms with E-state index in [4.69, 9.17) is 14.0 Å². The summed E-state index contributed by atoms with van der Waals surface area (Å²) in [4.78, 5) is 33.2. The van der Waals surface area contributed by atoms with Crippen LogP contribution in [0, 0.1) is 0 Å². The molecule has 7 nitrogen and oxygen atoms in total. The van der Waals surface area contributed by atoms with Gasteiger partial charge < -0.3 is 24.2 Å². The van der Waals surface area contributed by atoms with E-state index >= 15 is 0 Å². The van der Waals surface area contributed by atoms with Crippen LogP contribution in [0.5, 0.6) is 0 Å². The molecule has 0 rings (SSSR count). The number of carboxylic acids is 2. The second kappa shape index (κ2) is 11.8. The number of quaternary nitrogens is 1. The molecule has 0 radical (unpaired) electrons. The van der Waals surface area contributed by atoms with E-state index in [0.29, 0.717) is 12.8 Å². The van der Waals surface area contributed by atoms with Crippen molar-refractivity contribution in [2.45, 2.75) is 63.9 Å². The predicted octanol–water partition coefficient (Wildman–Crippen LogP) is 0.950. The second-order valence-corrected chi connectivity index (χ2v) is 6.57. The Labute approximate surface area is 148 Å². The average Bonchev–Trinajstić information content (AvgIpc) is 2.47. The molecule has 0 saturated heterocycles. The predicted molar refractivity (Wildman–Crippen MR) is 87.0 cm³/mol. The van der Waals surface area contributed by atoms with Crippen molar-refractivity contribution in [3.8, 4) is 0 Å². The molecule has 0 bridgehead atoms. The lowest BCUT2D eigenvalue weighted by Crippen LogP contribution is -2.45. The molecular weight excluding hydrogens is 314 g/mol. The Morgan fingerprint density at radius 2 is 1.62 bits per heavy atom. The summed E-state index contributed by atoms with van der Waals surface area (Å²) in [5, 5.41) is 19.4. The number of aliphatic carboxylic acids is 2. The van der Waals surface area contributed by atoms with Crippen molar-refractivity contribution in [2.75, 3.05) is 27.6 Å². The van der Waals surface area contributed by atoms with Gasteiger partial charge in [-0.1, -0.05) is 25.7 Å². The summed E-state index contributed by atoms with van der Waals surface area (Å²) in [6, 6.07) is 0. The highest BCUT2D eigenvalue weighted by molar-refractivity contribution is 5.70. The van der Waals surface area contributed by atoms with Crippen LogP contribution >= 0.6 is 0 Å². The molecule has 0 unspecified atom stereocenters. The molecular formula is C17H31NO6. The number of carboxylic acid groups (broad SMARTS) is 2. The van der Waals surface area contributed by atoms with Crippen LogP contribution < -0.4 is 5.11 Å². The lowest BCUT2D eigenvalue weighted by Gasteiger charge is -2.29. The largest absolute Gasteiger partial charge is 0.550 e. The summed E-state index contributed by atoms with van der Waals surface area (Å²) in [5.74, 6) is -2.76. The average molecular weight is 348 g/mol. The lowest BCUT2D eigenvalue weighted by atomic mass is 10.1. The molecule has 0 spiro atoms. The number of carbonyl (C=O) groups is 3. The second-order valence-electron chi connectivity index (χ2n) is 6.57. The fraction of sp³-hybridized carbons (Fsp3) is 0.824. The Morgan fingerprint density at radius 1 is 1.08 bits per heavy atom. The van der Waals surface area contributed by atoms with Crippen molar-refractivity contribution in [1.82, 2.24) is 0 Å². The van der Waals surface area contributed by atoms with Crippen LogP contribution in [0.15, 0.2) is 0 Å². The monoisotopic (exact) mass is 348 g/mol. The van der Waals surface area contributed by atoms with E-state index < -0.39 is 41.9 Å². The molecule has 7 heteroatoms. The number of nitrogens with zero attached hydrogens (tertiary/aromatic N) is 1. The Kier molecular flexibility index (Phi) is 8.48. The van der Waals surface area contributed by atoms with Crippen LogP contribution in [0.4, 0.5) is 0 Å². The zero-order valence-corrected chi connectivity index (χ0v) is 14.6. The maximum absolute atomic E-state index is 11.9. The molecule has 0 aromatic carbocycles. The van der Waals surface area contributed by atoms with Crippen molar-refractivity contribution < 1.29 is 37.9 Å². The van der Waals surface area contributed by atoms with Crippen LogP contribution in [-0.2, 0) is 19.1 Å². The SMILES string of the molecule is [2H]C([2H])([2H])[N+](C)(C)C[C@@H](CC(=O)[O-])OC(=O)CCCCCCCCC(=O)O. The number of hydrogen-bond acceptors (Lipinski definition) is 5. The van der Waals surface area contributed by atoms with Crippen LogP contribution in [0.2, 0.25) is 0 Å². The summed E-state index contributed by atoms with van der Waals surface area (Å²) in [5.41, 5.74) is 0. The van der Waals surface area contributed by atoms with Crippen molar-refractivity contribution in [3.05, 3.63) is 0 Å². The Bertz CT molecular complexity index is 494. The quantitative estimate of drug-likeness (QED) is 0.285. The molecule has 0 fully saturated rings. The van der Waals surface area contributed by atoms with Crippen LogP contribution in [0.3, 0.4) is 0 Å². The zero-order chi connectivity index (χ0) is 21.1. The highest BCUT2D eigenvalue weighted by atomic mass is 16.5. The van der Waals surface area contributed by atoms with Crippen LogP contribution in [-0.4, -0.2) is 61.2 Å². The minimum atomic E-state index is -2.36. The minimum Gasteiger partial charge on any atom is -0.550 e. The Morgan fingerprint density at radius 3 is 2.12 bits per heavy atom. The van der Waals surface area contributed by atoms with Crippen molar-refractivity contribution >= 4 is 17.9 Å². The van der Waals surface area contributed by atoms with Gasteiger partial charge in [-0.3, -0.25) is 9.59 Å². The summed E-state index contributed by atoms with van der Waals surface area (Å²) in [6.07, 6.45) is 3.26. The molecule has 0 aromatic rings. The maximum atomic E-state index is 11.9. The van der Waals surface area contributed by atoms with Crippen LogP contribution in [0.1, 0.15) is 61.9 Å². The third kappa shape index (κ3) is 15.3. The first-order chi connectivity index (χ1) is 12.3. The highest BCUT2D eigenvalue weighted by Crippen LogP contribution is 2.11. The third-order valence-electron chi connectivity index (χ3n) is 3.37. The molecule has 140 valence electrons. The zero-order valence-electron chi connectivity index (χ0n) is 17.6. The fourth-order valence-corrected chi connectivity index (χ4v) is 2.34. The highest BCUT2D eigenvalue weighted by Gasteiger charge is 2.22. The molecule has 0 aliphatic rings. The van der Waals surface area contributed by atoms with Gasteiger partial charge in [0.15, 0.2) is 6.10 Å². The normalized spacial score (nSPS) is 15.0. The topological polar surface area (TPSA) is 104 Å². The number of ether oxygens (including phenoxy) is 1. The fourth-order valence-electron chi connectivity index (χ4n) is 2.34. The maximum Gasteiger partial charge on any atom is 0.306 e. The summed E-state index contributed by atoms with van der Waals surface area (Å²) < 4.78 is 27.2. The van der Waals surface area contributed by atoms with Gasteiger partial charge in [0, 0.05) is 25.2 Å². The van der Waals surface area contributed by atoms with Gasteiger partial charge in [0.25, 0.3) is 0 Å². The van der Waals surface area contributed by atoms with E-state index in [9.17, 15) is 19.5 Å². The molecule has 24 heavy (non-hydrogen) atoms. The van der Waals surface area contributed by atoms with E-state index in [1.165, 1.54) is 14.1 Å². The van der Waals surface area contributed by atoms with Gasteiger partial charge in [0.1, 0.15) is 6.54 Å². The molecule has 0 heterocycles. The van der Waals surface area contributed by atoms with Crippen LogP contribution in [0.25, 0.3) is 0 Å². The smallest absolute Gasteiger partial charge is 0.306 e. The first-order valence-electron chi connectivity index (χ1n) is 9.79. The van der Waals surface area contributed by atoms with E-state index in [0.717, 1.165) is 25.7 Å². The molecule has 1 N–H and O–H groups in total. The first-order valence-corrected chi connectivity index (χ1v) is 8.29. The molecule has 1 atom stereocenters. The van der Waals surface area contributed by atoms with Gasteiger partial charge in [-0.25, -0.2) is 0 Å². The Hall–Kier alpha value is -1.63. The number of esters is 1. The molecule has 0 aliphatic carbocycles. The van der Waals surface area contributed by atoms with E-state index in [2.05, 4.69) is 0 Å². The third-order valence-corrected chi connectivity index (χ3v) is 3.37. The van der Waals surface area contributed by atoms with Gasteiger partial charge in [-0.05, 0) is 12.8 Å². The van der Waals surface area contributed by atoms with E-state index in [1.807, 2.05) is 0 Å². The number of carbonyl (C=O) groups excluding carboxylic acids is 2. The summed E-state index contributed by atoms with van der Waals surface area (Å²) in [7, 11) is 2.85. The van der Waals surface area contributed by atoms with E-state index in [1.54, 1.807) is 0 Å². The van der Waals surface area contributed by atoms with Crippen molar-refractivity contribution in [2.24, 2.45) is 0 Å². The van der Waals surface area contributed by atoms with Gasteiger partial charge in [0.05, 0.1) is 25.2 Å². The van der Waals surface area contributed by atoms with E-state index in [-0.39, 0.29) is 19.4 Å². The number of unbranched alkanes of at least 4 members (excludes halogenated alkanes) is 5. The number of rotatable bonds is 14. The van der Waals surface area contributed by atoms with Gasteiger partial charge in [0.2, 0.25) is 0 Å². The summed E-state index contributed by atoms with van der Waals surface area (Å²) in [6.45, 7) is -2.52. The minimum absolute atomic E-state index is 0.125. The molecule has 0 aliphatic heterocycles. The molecule has 0 saturated carbocycles. The van der Waals surface area contributed by atoms with Crippen molar-refractivity contribution in [3.63, 3.8) is 0 Å². The molecule has 0 amide bonds. The summed E-state index contributed by atoms with van der Waals surface area (Å²) >= 11 is 0. The van der Waals surface area contributed by atoms with Gasteiger partial charge >= 0.3 is 11.9 Å². The first kappa shape index (κ1) is 17.2. The lowest BCUT2D eigenvalue weighted by molar-refractivity contribution is -0.873.